The lowest BCUT2D eigenvalue weighted by molar-refractivity contribution is -0.123. The lowest BCUT2D eigenvalue weighted by atomic mass is 10.2. The fourth-order valence-corrected chi connectivity index (χ4v) is 1.85. The first-order chi connectivity index (χ1) is 9.13. The van der Waals surface area contributed by atoms with Crippen LogP contribution in [0.3, 0.4) is 0 Å². The molecule has 0 aliphatic rings. The molecule has 0 aromatic carbocycles. The van der Waals surface area contributed by atoms with Gasteiger partial charge in [0.2, 0.25) is 5.91 Å². The predicted molar refractivity (Wildman–Crippen MR) is 73.8 cm³/mol. The Balaban J connectivity index is 2.21. The number of imidazole rings is 1. The van der Waals surface area contributed by atoms with Crippen LogP contribution in [-0.4, -0.2) is 47.8 Å². The maximum absolute atomic E-state index is 11.8. The molecule has 0 bridgehead atoms. The van der Waals surface area contributed by atoms with Gasteiger partial charge in [0.1, 0.15) is 0 Å². The van der Waals surface area contributed by atoms with Crippen molar-refractivity contribution >= 4 is 5.91 Å². The minimum Gasteiger partial charge on any atom is -0.385 e. The second-order valence-electron chi connectivity index (χ2n) is 4.69. The highest BCUT2D eigenvalue weighted by molar-refractivity contribution is 5.81. The molecule has 0 saturated heterocycles. The van der Waals surface area contributed by atoms with E-state index in [1.165, 1.54) is 0 Å². The Morgan fingerprint density at radius 2 is 2.26 bits per heavy atom. The third-order valence-electron chi connectivity index (χ3n) is 2.80. The number of rotatable bonds is 9. The Hall–Kier alpha value is -1.40. The topological polar surface area (TPSA) is 68.2 Å². The number of amides is 1. The number of aromatic nitrogens is 2. The van der Waals surface area contributed by atoms with Crippen molar-refractivity contribution in [2.24, 2.45) is 0 Å². The molecule has 2 N–H and O–H groups in total. The van der Waals surface area contributed by atoms with Gasteiger partial charge in [-0.25, -0.2) is 4.98 Å². The molecule has 6 nitrogen and oxygen atoms in total. The number of carbonyl (C=O) groups is 1. The van der Waals surface area contributed by atoms with Crippen LogP contribution >= 0.6 is 0 Å². The van der Waals surface area contributed by atoms with E-state index in [4.69, 9.17) is 4.74 Å². The van der Waals surface area contributed by atoms with Crippen molar-refractivity contribution in [2.45, 2.75) is 38.9 Å². The molecule has 0 fully saturated rings. The molecule has 0 aliphatic heterocycles. The summed E-state index contributed by atoms with van der Waals surface area (Å²) in [5.74, 6) is 0.0218. The first-order valence-corrected chi connectivity index (χ1v) is 6.62. The summed E-state index contributed by atoms with van der Waals surface area (Å²) < 4.78 is 6.92. The average Bonchev–Trinajstić information content (AvgIpc) is 2.86. The predicted octanol–water partition coefficient (Wildman–Crippen LogP) is 0.402. The Bertz CT molecular complexity index is 354. The highest BCUT2D eigenvalue weighted by Gasteiger charge is 2.14. The number of carbonyl (C=O) groups excluding carboxylic acids is 1. The fraction of sp³-hybridized carbons (Fsp3) is 0.692. The minimum absolute atomic E-state index is 0.0218. The summed E-state index contributed by atoms with van der Waals surface area (Å²) in [5.41, 5.74) is 0. The summed E-state index contributed by atoms with van der Waals surface area (Å²) in [7, 11) is 1.66. The summed E-state index contributed by atoms with van der Waals surface area (Å²) >= 11 is 0. The van der Waals surface area contributed by atoms with Gasteiger partial charge in [-0.1, -0.05) is 0 Å². The van der Waals surface area contributed by atoms with Crippen molar-refractivity contribution < 1.29 is 9.53 Å². The Morgan fingerprint density at radius 1 is 1.47 bits per heavy atom. The first kappa shape index (κ1) is 15.7. The lowest BCUT2D eigenvalue weighted by Gasteiger charge is -2.20. The molecule has 19 heavy (non-hydrogen) atoms. The smallest absolute Gasteiger partial charge is 0.236 e. The summed E-state index contributed by atoms with van der Waals surface area (Å²) in [6.07, 6.45) is 6.26. The Morgan fingerprint density at radius 3 is 2.89 bits per heavy atom. The molecular weight excluding hydrogens is 244 g/mol. The van der Waals surface area contributed by atoms with Crippen LogP contribution in [-0.2, 0) is 16.1 Å². The molecule has 2 atom stereocenters. The van der Waals surface area contributed by atoms with E-state index in [1.807, 2.05) is 17.7 Å². The molecule has 2 unspecified atom stereocenters. The summed E-state index contributed by atoms with van der Waals surface area (Å²) in [4.78, 5) is 15.8. The number of hydrogen-bond acceptors (Lipinski definition) is 4. The molecular formula is C13H24N4O2. The van der Waals surface area contributed by atoms with Crippen LogP contribution in [0.4, 0.5) is 0 Å². The number of nitrogens with one attached hydrogen (secondary N) is 2. The van der Waals surface area contributed by atoms with Crippen LogP contribution in [0.2, 0.25) is 0 Å². The van der Waals surface area contributed by atoms with Gasteiger partial charge in [-0.15, -0.1) is 0 Å². The van der Waals surface area contributed by atoms with E-state index < -0.39 is 0 Å². The highest BCUT2D eigenvalue weighted by atomic mass is 16.5. The van der Waals surface area contributed by atoms with Crippen molar-refractivity contribution in [3.8, 4) is 0 Å². The Labute approximate surface area is 114 Å². The van der Waals surface area contributed by atoms with Gasteiger partial charge in [0.15, 0.2) is 0 Å². The van der Waals surface area contributed by atoms with E-state index in [0.717, 1.165) is 13.0 Å². The molecule has 0 spiro atoms. The quantitative estimate of drug-likeness (QED) is 0.636. The molecule has 108 valence electrons. The minimum atomic E-state index is -0.207. The van der Waals surface area contributed by atoms with Crippen molar-refractivity contribution in [3.05, 3.63) is 18.7 Å². The molecule has 1 aromatic heterocycles. The van der Waals surface area contributed by atoms with Crippen LogP contribution < -0.4 is 10.6 Å². The largest absolute Gasteiger partial charge is 0.385 e. The van der Waals surface area contributed by atoms with Crippen molar-refractivity contribution in [2.75, 3.05) is 20.3 Å². The van der Waals surface area contributed by atoms with E-state index in [0.29, 0.717) is 13.2 Å². The van der Waals surface area contributed by atoms with Crippen molar-refractivity contribution in [1.29, 1.82) is 0 Å². The molecule has 6 heteroatoms. The molecule has 0 saturated carbocycles. The Kier molecular flexibility index (Phi) is 7.14. The fourth-order valence-electron chi connectivity index (χ4n) is 1.85. The van der Waals surface area contributed by atoms with E-state index in [9.17, 15) is 4.79 Å². The van der Waals surface area contributed by atoms with Crippen molar-refractivity contribution in [1.82, 2.24) is 20.2 Å². The van der Waals surface area contributed by atoms with Crippen LogP contribution in [0.5, 0.6) is 0 Å². The van der Waals surface area contributed by atoms with Crippen LogP contribution in [0.15, 0.2) is 18.7 Å². The average molecular weight is 268 g/mol. The SMILES string of the molecule is COCCCNC(=O)C(C)NC(C)Cn1ccnc1. The van der Waals surface area contributed by atoms with Crippen LogP contribution in [0, 0.1) is 0 Å². The maximum Gasteiger partial charge on any atom is 0.236 e. The van der Waals surface area contributed by atoms with Gasteiger partial charge in [-0.2, -0.15) is 0 Å². The third-order valence-corrected chi connectivity index (χ3v) is 2.80. The summed E-state index contributed by atoms with van der Waals surface area (Å²) in [6, 6.07) is -0.00464. The van der Waals surface area contributed by atoms with Crippen LogP contribution in [0.1, 0.15) is 20.3 Å². The van der Waals surface area contributed by atoms with E-state index >= 15 is 0 Å². The molecule has 0 radical (unpaired) electrons. The molecule has 1 heterocycles. The molecule has 1 rings (SSSR count). The van der Waals surface area contributed by atoms with Gasteiger partial charge in [0.05, 0.1) is 12.4 Å². The zero-order valence-corrected chi connectivity index (χ0v) is 11.9. The second-order valence-corrected chi connectivity index (χ2v) is 4.69. The monoisotopic (exact) mass is 268 g/mol. The summed E-state index contributed by atoms with van der Waals surface area (Å²) in [5, 5.41) is 6.15. The molecule has 1 amide bonds. The zero-order chi connectivity index (χ0) is 14.1. The van der Waals surface area contributed by atoms with Gasteiger partial charge in [0, 0.05) is 45.2 Å². The van der Waals surface area contributed by atoms with Gasteiger partial charge < -0.3 is 19.9 Å². The van der Waals surface area contributed by atoms with Crippen LogP contribution in [0.25, 0.3) is 0 Å². The highest BCUT2D eigenvalue weighted by Crippen LogP contribution is 1.94. The molecule has 0 aliphatic carbocycles. The van der Waals surface area contributed by atoms with Gasteiger partial charge in [0.25, 0.3) is 0 Å². The van der Waals surface area contributed by atoms with E-state index in [1.54, 1.807) is 19.6 Å². The van der Waals surface area contributed by atoms with Gasteiger partial charge >= 0.3 is 0 Å². The lowest BCUT2D eigenvalue weighted by Crippen LogP contribution is -2.47. The number of hydrogen-bond donors (Lipinski definition) is 2. The normalized spacial score (nSPS) is 14.1. The standard InChI is InChI=1S/C13H24N4O2/c1-11(9-17-7-6-14-10-17)16-12(2)13(18)15-5-4-8-19-3/h6-7,10-12,16H,4-5,8-9H2,1-3H3,(H,15,18). The first-order valence-electron chi connectivity index (χ1n) is 6.62. The van der Waals surface area contributed by atoms with Crippen molar-refractivity contribution in [3.63, 3.8) is 0 Å². The van der Waals surface area contributed by atoms with Gasteiger partial charge in [-0.05, 0) is 20.3 Å². The number of methoxy groups -OCH3 is 1. The maximum atomic E-state index is 11.8. The number of ether oxygens (including phenoxy) is 1. The second kappa shape index (κ2) is 8.66. The summed E-state index contributed by atoms with van der Waals surface area (Å²) in [6.45, 7) is 6.03. The van der Waals surface area contributed by atoms with Gasteiger partial charge in [-0.3, -0.25) is 4.79 Å². The van der Waals surface area contributed by atoms with E-state index in [2.05, 4.69) is 22.5 Å². The van der Waals surface area contributed by atoms with E-state index in [-0.39, 0.29) is 18.0 Å². The number of nitrogens with zero attached hydrogens (tertiary/aromatic N) is 2. The molecule has 1 aromatic rings. The third kappa shape index (κ3) is 6.35. The zero-order valence-electron chi connectivity index (χ0n) is 11.9.